The molecule has 0 saturated carbocycles. The minimum Gasteiger partial charge on any atom is -0.536 e. The number of aryl methyl sites for hydroxylation is 9. The zero-order chi connectivity index (χ0) is 75.8. The van der Waals surface area contributed by atoms with E-state index in [0.29, 0.717) is 87.7 Å². The maximum Gasteiger partial charge on any atom is 0.522 e. The number of hydrazine groups is 3. The molecule has 101 heavy (non-hydrogen) atoms. The zero-order valence-corrected chi connectivity index (χ0v) is 63.5. The maximum absolute atomic E-state index is 13.4. The summed E-state index contributed by atoms with van der Waals surface area (Å²) in [5.74, 6) is -1.58. The van der Waals surface area contributed by atoms with Gasteiger partial charge in [0.1, 0.15) is 17.2 Å². The summed E-state index contributed by atoms with van der Waals surface area (Å²) in [4.78, 5) is 79.6. The van der Waals surface area contributed by atoms with Crippen molar-refractivity contribution < 1.29 is 68.0 Å². The molecule has 1 fully saturated rings. The molecule has 0 unspecified atom stereocenters. The van der Waals surface area contributed by atoms with Crippen molar-refractivity contribution in [2.75, 3.05) is 0 Å². The second-order valence-electron chi connectivity index (χ2n) is 31.0. The summed E-state index contributed by atoms with van der Waals surface area (Å²) < 4.78 is 17.8. The standard InChI is InChI=1S/C30H43BN2O5.C24H33BN2O5.C24H31BN2O4/c1-19-16-20(2)18-23(17-19)27(36)33(28(4,5)6)32-26(35)24-14-13-22(25(34)21(24)3)12-11-15-31-37-29(7,8)30(9,10)38-31;1-15-12-16(2)14-19(13-15)23(30)27(24(4,5)6)26-22(29)20-10-9-18(21(28)17(20)3)8-7-11-25(31)32;1-15-12-16(2)14-19(13-15)23(29)27(24(4,5)6)26-22(28)20-10-9-18-8-7-11-25(30)31-21(18)17(20)3/h13-14,16-18,34H,11-12,15H2,1-10H3,(H,32,35);9-10,12-14,28,31-32H,7-8,11H2,1-6H3,(H,26,29);9-10,12-14,30H,7-8,11H2,1-6H3,(H,26,28). The number of rotatable bonds is 14. The lowest BCUT2D eigenvalue weighted by Crippen LogP contribution is -2.56. The Labute approximate surface area is 599 Å². The fraction of sp³-hybridized carbons (Fsp3) is 0.462. The number of carbonyl (C=O) groups excluding carboxylic acids is 6. The van der Waals surface area contributed by atoms with E-state index in [2.05, 4.69) is 16.3 Å². The van der Waals surface area contributed by atoms with Gasteiger partial charge in [0.2, 0.25) is 0 Å². The Morgan fingerprint density at radius 2 is 0.822 bits per heavy atom. The van der Waals surface area contributed by atoms with Gasteiger partial charge in [-0.3, -0.25) is 45.0 Å². The van der Waals surface area contributed by atoms with E-state index in [1.807, 2.05) is 180 Å². The predicted octanol–water partition coefficient (Wildman–Crippen LogP) is 13.2. The minimum absolute atomic E-state index is 0.00646. The molecule has 8 rings (SSSR count). The lowest BCUT2D eigenvalue weighted by molar-refractivity contribution is 0.00578. The normalized spacial score (nSPS) is 14.0. The van der Waals surface area contributed by atoms with E-state index in [1.165, 1.54) is 15.0 Å². The number of aromatic hydroxyl groups is 2. The number of phenolic OH excluding ortho intramolecular Hbond substituents is 2. The van der Waals surface area contributed by atoms with Gasteiger partial charge in [0.05, 0.1) is 27.8 Å². The average Bonchev–Trinajstić information content (AvgIpc) is 1.78. The predicted molar refractivity (Wildman–Crippen MR) is 399 cm³/mol. The maximum atomic E-state index is 13.4. The van der Waals surface area contributed by atoms with Crippen LogP contribution in [0.5, 0.6) is 17.2 Å². The smallest absolute Gasteiger partial charge is 0.522 e. The van der Waals surface area contributed by atoms with Crippen LogP contribution in [0.1, 0.15) is 238 Å². The Morgan fingerprint density at radius 1 is 0.495 bits per heavy atom. The van der Waals surface area contributed by atoms with Gasteiger partial charge in [0.25, 0.3) is 35.4 Å². The van der Waals surface area contributed by atoms with Gasteiger partial charge in [-0.15, -0.1) is 0 Å². The second-order valence-corrected chi connectivity index (χ2v) is 31.0. The van der Waals surface area contributed by atoms with Crippen LogP contribution in [-0.2, 0) is 28.6 Å². The van der Waals surface area contributed by atoms with Crippen molar-refractivity contribution in [2.45, 2.75) is 238 Å². The van der Waals surface area contributed by atoms with E-state index in [0.717, 1.165) is 63.8 Å². The van der Waals surface area contributed by atoms with Crippen LogP contribution in [0.3, 0.4) is 0 Å². The molecule has 2 aliphatic heterocycles. The summed E-state index contributed by atoms with van der Waals surface area (Å²) in [5, 5.41) is 53.5. The number of fused-ring (bicyclic) bond motifs is 1. The lowest BCUT2D eigenvalue weighted by atomic mass is 9.81. The monoisotopic (exact) mass is 1380 g/mol. The summed E-state index contributed by atoms with van der Waals surface area (Å²) in [6, 6.07) is 27.2. The van der Waals surface area contributed by atoms with Crippen molar-refractivity contribution in [1.82, 2.24) is 31.3 Å². The van der Waals surface area contributed by atoms with Crippen LogP contribution in [0.4, 0.5) is 0 Å². The Balaban J connectivity index is 0.000000240. The minimum atomic E-state index is -1.39. The number of nitrogens with zero attached hydrogens (tertiary/aromatic N) is 3. The first kappa shape index (κ1) is 81.5. The van der Waals surface area contributed by atoms with E-state index >= 15 is 0 Å². The lowest BCUT2D eigenvalue weighted by Gasteiger charge is -2.36. The van der Waals surface area contributed by atoms with Gasteiger partial charge in [-0.25, -0.2) is 15.0 Å². The van der Waals surface area contributed by atoms with Crippen molar-refractivity contribution in [3.63, 3.8) is 0 Å². The Morgan fingerprint density at radius 3 is 1.16 bits per heavy atom. The SMILES string of the molecule is Cc1cc(C)cc(C(=O)N(NC(=O)c2ccc(CCCB(O)O)c(O)c2C)C(C)(C)C)c1.Cc1cc(C)cc(C(=O)N(NC(=O)c2ccc(CCCB3OC(C)(C)C(C)(C)O3)c(O)c2C)C(C)(C)C)c1.Cc1cc(C)cc(C(=O)N(NC(=O)c2ccc3c(c2C)OB(O)CCC3)C(C)(C)C)c1. The summed E-state index contributed by atoms with van der Waals surface area (Å²) in [6.45, 7) is 41.6. The van der Waals surface area contributed by atoms with Crippen molar-refractivity contribution in [1.29, 1.82) is 0 Å². The van der Waals surface area contributed by atoms with E-state index in [1.54, 1.807) is 63.2 Å². The second kappa shape index (κ2) is 33.1. The van der Waals surface area contributed by atoms with Crippen molar-refractivity contribution in [2.24, 2.45) is 0 Å². The summed E-state index contributed by atoms with van der Waals surface area (Å²) >= 11 is 0. The van der Waals surface area contributed by atoms with E-state index < -0.39 is 48.6 Å². The molecule has 0 atom stereocenters. The highest BCUT2D eigenvalue weighted by Crippen LogP contribution is 2.39. The van der Waals surface area contributed by atoms with Crippen molar-refractivity contribution in [3.05, 3.63) is 191 Å². The number of amides is 6. The highest BCUT2D eigenvalue weighted by atomic mass is 16.7. The topological polar surface area (TPSA) is 277 Å². The molecule has 0 bridgehead atoms. The van der Waals surface area contributed by atoms with Crippen LogP contribution in [0.15, 0.2) is 91.0 Å². The van der Waals surface area contributed by atoms with Crippen LogP contribution in [-0.4, -0.2) is 125 Å². The van der Waals surface area contributed by atoms with Gasteiger partial charge in [-0.05, 0) is 268 Å². The molecule has 6 amide bonds. The molecule has 2 heterocycles. The summed E-state index contributed by atoms with van der Waals surface area (Å²) in [5.41, 5.74) is 17.8. The van der Waals surface area contributed by atoms with Gasteiger partial charge in [-0.1, -0.05) is 82.6 Å². The first-order valence-electron chi connectivity index (χ1n) is 34.7. The van der Waals surface area contributed by atoms with Crippen LogP contribution in [0, 0.1) is 62.3 Å². The molecule has 0 aromatic heterocycles. The third-order valence-corrected chi connectivity index (χ3v) is 18.2. The molecule has 0 spiro atoms. The van der Waals surface area contributed by atoms with Gasteiger partial charge >= 0.3 is 21.4 Å². The highest BCUT2D eigenvalue weighted by Gasteiger charge is 2.50. The van der Waals surface area contributed by atoms with Crippen LogP contribution in [0.2, 0.25) is 19.0 Å². The third-order valence-electron chi connectivity index (χ3n) is 18.2. The number of benzene rings is 6. The molecular formula is C78H107B3N6O14. The first-order valence-corrected chi connectivity index (χ1v) is 34.7. The summed E-state index contributed by atoms with van der Waals surface area (Å²) in [7, 11) is -2.55. The van der Waals surface area contributed by atoms with E-state index in [-0.39, 0.29) is 59.4 Å². The largest absolute Gasteiger partial charge is 0.536 e. The molecule has 2 aliphatic rings. The zero-order valence-electron chi connectivity index (χ0n) is 63.5. The van der Waals surface area contributed by atoms with Crippen molar-refractivity contribution >= 4 is 56.8 Å². The molecule has 8 N–H and O–H groups in total. The molecule has 6 aromatic carbocycles. The average molecular weight is 1390 g/mol. The third kappa shape index (κ3) is 21.3. The van der Waals surface area contributed by atoms with Crippen LogP contribution >= 0.6 is 0 Å². The fourth-order valence-corrected chi connectivity index (χ4v) is 12.2. The molecule has 6 aromatic rings. The molecule has 0 aliphatic carbocycles. The number of nitrogens with one attached hydrogen (secondary N) is 3. The quantitative estimate of drug-likeness (QED) is 0.0372. The molecule has 1 saturated heterocycles. The molecule has 20 nitrogen and oxygen atoms in total. The molecule has 23 heteroatoms. The Kier molecular flexibility index (Phi) is 26.7. The number of hydrogen-bond donors (Lipinski definition) is 8. The number of carbonyl (C=O) groups is 6. The molecule has 542 valence electrons. The van der Waals surface area contributed by atoms with Gasteiger partial charge in [0.15, 0.2) is 0 Å². The number of phenols is 2. The highest BCUT2D eigenvalue weighted by molar-refractivity contribution is 6.45. The molecule has 0 radical (unpaired) electrons. The molecular weight excluding hydrogens is 1280 g/mol. The van der Waals surface area contributed by atoms with Gasteiger partial charge in [-0.2, -0.15) is 0 Å². The van der Waals surface area contributed by atoms with Crippen LogP contribution in [0.25, 0.3) is 0 Å². The van der Waals surface area contributed by atoms with Gasteiger partial charge in [0, 0.05) is 50.1 Å². The van der Waals surface area contributed by atoms with Gasteiger partial charge < -0.3 is 39.2 Å². The van der Waals surface area contributed by atoms with Crippen LogP contribution < -0.4 is 20.9 Å². The van der Waals surface area contributed by atoms with E-state index in [4.69, 9.17) is 24.0 Å². The van der Waals surface area contributed by atoms with E-state index in [9.17, 15) is 44.0 Å². The Bertz CT molecular complexity index is 3960. The number of hydrogen-bond acceptors (Lipinski definition) is 14. The fourth-order valence-electron chi connectivity index (χ4n) is 12.2. The summed E-state index contributed by atoms with van der Waals surface area (Å²) in [6.07, 6.45) is 5.38. The van der Waals surface area contributed by atoms with Crippen molar-refractivity contribution in [3.8, 4) is 17.2 Å². The Hall–Kier alpha value is -8.47. The first-order chi connectivity index (χ1) is 46.7.